The van der Waals surface area contributed by atoms with Crippen molar-refractivity contribution in [1.29, 1.82) is 0 Å². The summed E-state index contributed by atoms with van der Waals surface area (Å²) in [6, 6.07) is 71.3. The first-order valence-corrected chi connectivity index (χ1v) is 21.1. The average molecular weight is 744 g/mol. The number of benzene rings is 8. The third-order valence-electron chi connectivity index (χ3n) is 14.7. The summed E-state index contributed by atoms with van der Waals surface area (Å²) in [5.41, 5.74) is 23.1. The molecule has 0 bridgehead atoms. The predicted octanol–water partition coefficient (Wildman–Crippen LogP) is 14.9. The second kappa shape index (κ2) is 12.3. The van der Waals surface area contributed by atoms with Gasteiger partial charge in [0.2, 0.25) is 0 Å². The Morgan fingerprint density at radius 2 is 0.776 bits per heavy atom. The third kappa shape index (κ3) is 4.53. The van der Waals surface area contributed by atoms with E-state index in [1.54, 1.807) is 0 Å². The Morgan fingerprint density at radius 3 is 1.36 bits per heavy atom. The fourth-order valence-electron chi connectivity index (χ4n) is 12.0. The van der Waals surface area contributed by atoms with Crippen molar-refractivity contribution in [3.05, 3.63) is 221 Å². The largest absolute Gasteiger partial charge is 0.310 e. The number of para-hydroxylation sites is 1. The van der Waals surface area contributed by atoms with Gasteiger partial charge in [-0.15, -0.1) is 0 Å². The van der Waals surface area contributed by atoms with Gasteiger partial charge in [0.05, 0.1) is 5.69 Å². The van der Waals surface area contributed by atoms with Crippen LogP contribution in [0.4, 0.5) is 17.1 Å². The number of anilines is 3. The number of nitrogens with zero attached hydrogens (tertiary/aromatic N) is 1. The third-order valence-corrected chi connectivity index (χ3v) is 14.7. The number of fused-ring (bicyclic) bond motifs is 13. The smallest absolute Gasteiger partial charge is 0.0543 e. The number of rotatable bonds is 4. The maximum absolute atomic E-state index is 2.62. The fraction of sp³-hybridized carbons (Fsp3) is 0.158. The lowest BCUT2D eigenvalue weighted by molar-refractivity contribution is 0.265. The van der Waals surface area contributed by atoms with Crippen molar-refractivity contribution in [2.45, 2.75) is 55.8 Å². The van der Waals surface area contributed by atoms with Crippen molar-refractivity contribution in [3.63, 3.8) is 0 Å². The van der Waals surface area contributed by atoms with Gasteiger partial charge in [-0.05, 0) is 134 Å². The van der Waals surface area contributed by atoms with Gasteiger partial charge < -0.3 is 4.90 Å². The van der Waals surface area contributed by atoms with Crippen LogP contribution in [0.3, 0.4) is 0 Å². The zero-order chi connectivity index (χ0) is 38.6. The molecular formula is C57H45N. The van der Waals surface area contributed by atoms with Crippen molar-refractivity contribution in [1.82, 2.24) is 0 Å². The molecule has 12 rings (SSSR count). The first-order chi connectivity index (χ1) is 28.5. The first-order valence-electron chi connectivity index (χ1n) is 21.1. The van der Waals surface area contributed by atoms with Crippen LogP contribution < -0.4 is 4.90 Å². The van der Waals surface area contributed by atoms with E-state index in [0.717, 1.165) is 25.7 Å². The van der Waals surface area contributed by atoms with E-state index in [9.17, 15) is 0 Å². The van der Waals surface area contributed by atoms with Crippen LogP contribution in [0.5, 0.6) is 0 Å². The van der Waals surface area contributed by atoms with Crippen molar-refractivity contribution < 1.29 is 0 Å². The van der Waals surface area contributed by atoms with Crippen molar-refractivity contribution >= 4 is 17.1 Å². The minimum absolute atomic E-state index is 0.0355. The number of hydrogen-bond donors (Lipinski definition) is 0. The van der Waals surface area contributed by atoms with Crippen molar-refractivity contribution in [3.8, 4) is 44.5 Å². The van der Waals surface area contributed by atoms with Gasteiger partial charge in [-0.3, -0.25) is 0 Å². The zero-order valence-corrected chi connectivity index (χ0v) is 33.2. The van der Waals surface area contributed by atoms with E-state index < -0.39 is 0 Å². The summed E-state index contributed by atoms with van der Waals surface area (Å²) in [5, 5.41) is 0. The second-order valence-corrected chi connectivity index (χ2v) is 17.7. The molecule has 0 N–H and O–H groups in total. The van der Waals surface area contributed by atoms with Gasteiger partial charge in [0.15, 0.2) is 0 Å². The van der Waals surface area contributed by atoms with E-state index in [4.69, 9.17) is 0 Å². The predicted molar refractivity (Wildman–Crippen MR) is 241 cm³/mol. The average Bonchev–Trinajstić information content (AvgIpc) is 3.80. The number of hydrogen-bond acceptors (Lipinski definition) is 1. The summed E-state index contributed by atoms with van der Waals surface area (Å²) >= 11 is 0. The molecule has 1 heteroatoms. The highest BCUT2D eigenvalue weighted by atomic mass is 15.1. The summed E-state index contributed by atoms with van der Waals surface area (Å²) in [7, 11) is 0. The maximum Gasteiger partial charge on any atom is 0.0543 e. The first kappa shape index (κ1) is 33.7. The molecule has 0 unspecified atom stereocenters. The highest BCUT2D eigenvalue weighted by Crippen LogP contribution is 2.64. The quantitative estimate of drug-likeness (QED) is 0.173. The van der Waals surface area contributed by atoms with Crippen molar-refractivity contribution in [2.75, 3.05) is 4.90 Å². The van der Waals surface area contributed by atoms with E-state index in [2.05, 4.69) is 207 Å². The molecule has 1 nitrogen and oxygen atoms in total. The van der Waals surface area contributed by atoms with E-state index in [1.807, 2.05) is 0 Å². The molecule has 4 aliphatic carbocycles. The van der Waals surface area contributed by atoms with Crippen LogP contribution in [0.15, 0.2) is 188 Å². The summed E-state index contributed by atoms with van der Waals surface area (Å²) in [5.74, 6) is 0. The zero-order valence-electron chi connectivity index (χ0n) is 33.2. The standard InChI is InChI=1S/C57H45N/c1-55(2)48-25-13-9-21-41(48)45-30-29-40(35-52(45)55)58(39-19-7-4-8-20-39)54-37-53-47(36-46(54)38-17-5-3-6-18-38)44-24-12-16-28-51(44)57(53)33-31-56(32-34-57)49-26-14-10-22-42(49)43-23-11-15-27-50(43)56/h3-30,35-37H,31-34H2,1-2H3. The van der Waals surface area contributed by atoms with Gasteiger partial charge in [-0.25, -0.2) is 0 Å². The lowest BCUT2D eigenvalue weighted by Gasteiger charge is -2.46. The molecule has 0 aliphatic heterocycles. The van der Waals surface area contributed by atoms with Gasteiger partial charge in [0.25, 0.3) is 0 Å². The minimum Gasteiger partial charge on any atom is -0.310 e. The van der Waals surface area contributed by atoms with E-state index in [0.29, 0.717) is 0 Å². The van der Waals surface area contributed by atoms with Gasteiger partial charge in [-0.2, -0.15) is 0 Å². The Labute approximate surface area is 342 Å². The summed E-state index contributed by atoms with van der Waals surface area (Å²) in [4.78, 5) is 2.55. The molecule has 0 aromatic heterocycles. The second-order valence-electron chi connectivity index (χ2n) is 17.7. The van der Waals surface area contributed by atoms with Crippen LogP contribution in [-0.2, 0) is 16.2 Å². The van der Waals surface area contributed by atoms with Crippen LogP contribution in [-0.4, -0.2) is 0 Å². The Bertz CT molecular complexity index is 2880. The highest BCUT2D eigenvalue weighted by molar-refractivity contribution is 5.96. The van der Waals surface area contributed by atoms with Gasteiger partial charge in [0, 0.05) is 33.2 Å². The van der Waals surface area contributed by atoms with Gasteiger partial charge >= 0.3 is 0 Å². The van der Waals surface area contributed by atoms with Crippen LogP contribution in [0.2, 0.25) is 0 Å². The SMILES string of the molecule is CC1(C)c2ccccc2-c2ccc(N(c3ccccc3)c3cc4c(cc3-c3ccccc3)-c3ccccc3C43CCC4(CC3)c3ccccc3-c3ccccc34)cc21. The lowest BCUT2D eigenvalue weighted by Crippen LogP contribution is -2.39. The molecule has 8 aromatic carbocycles. The maximum atomic E-state index is 2.62. The lowest BCUT2D eigenvalue weighted by atomic mass is 9.57. The molecule has 8 aromatic rings. The molecule has 1 saturated carbocycles. The monoisotopic (exact) mass is 743 g/mol. The Morgan fingerprint density at radius 1 is 0.328 bits per heavy atom. The van der Waals surface area contributed by atoms with E-state index in [-0.39, 0.29) is 16.2 Å². The Balaban J connectivity index is 1.07. The summed E-state index contributed by atoms with van der Waals surface area (Å²) in [6.45, 7) is 4.77. The Kier molecular flexibility index (Phi) is 7.13. The molecular weight excluding hydrogens is 699 g/mol. The van der Waals surface area contributed by atoms with Gasteiger partial charge in [0.1, 0.15) is 0 Å². The summed E-state index contributed by atoms with van der Waals surface area (Å²) < 4.78 is 0. The fourth-order valence-corrected chi connectivity index (χ4v) is 12.0. The molecule has 1 fully saturated rings. The molecule has 2 spiro atoms. The molecule has 58 heavy (non-hydrogen) atoms. The molecule has 278 valence electrons. The molecule has 0 heterocycles. The van der Waals surface area contributed by atoms with Crippen molar-refractivity contribution in [2.24, 2.45) is 0 Å². The normalized spacial score (nSPS) is 16.6. The van der Waals surface area contributed by atoms with E-state index in [1.165, 1.54) is 95.0 Å². The van der Waals surface area contributed by atoms with Crippen LogP contribution in [0.25, 0.3) is 44.5 Å². The van der Waals surface area contributed by atoms with Crippen LogP contribution >= 0.6 is 0 Å². The van der Waals surface area contributed by atoms with Gasteiger partial charge in [-0.1, -0.05) is 166 Å². The Hall–Kier alpha value is -6.44. The molecule has 0 atom stereocenters. The minimum atomic E-state index is -0.105. The molecule has 0 saturated heterocycles. The van der Waals surface area contributed by atoms with E-state index >= 15 is 0 Å². The molecule has 4 aliphatic rings. The van der Waals surface area contributed by atoms with Crippen LogP contribution in [0, 0.1) is 0 Å². The molecule has 0 radical (unpaired) electrons. The summed E-state index contributed by atoms with van der Waals surface area (Å²) in [6.07, 6.45) is 4.43. The van der Waals surface area contributed by atoms with Crippen LogP contribution in [0.1, 0.15) is 72.9 Å². The highest BCUT2D eigenvalue weighted by Gasteiger charge is 2.53. The topological polar surface area (TPSA) is 3.24 Å². The molecule has 0 amide bonds.